The molecular weight excluding hydrogens is 435 g/mol. The lowest BCUT2D eigenvalue weighted by molar-refractivity contribution is -0.112. The summed E-state index contributed by atoms with van der Waals surface area (Å²) in [7, 11) is 3.06. The van der Waals surface area contributed by atoms with Gasteiger partial charge in [0, 0.05) is 5.69 Å². The summed E-state index contributed by atoms with van der Waals surface area (Å²) in [6, 6.07) is 11.3. The number of aromatic hydroxyl groups is 1. The monoisotopic (exact) mass is 450 g/mol. The molecule has 0 unspecified atom stereocenters. The van der Waals surface area contributed by atoms with Crippen molar-refractivity contribution in [3.05, 3.63) is 51.1 Å². The molecule has 0 aromatic heterocycles. The quantitative estimate of drug-likeness (QED) is 0.315. The Kier molecular flexibility index (Phi) is 6.25. The highest BCUT2D eigenvalue weighted by molar-refractivity contribution is 14.1. The van der Waals surface area contributed by atoms with Gasteiger partial charge >= 0.3 is 0 Å². The number of carbonyl (C=O) groups excluding carboxylic acids is 1. The maximum atomic E-state index is 12.3. The van der Waals surface area contributed by atoms with Gasteiger partial charge in [-0.05, 0) is 70.6 Å². The predicted octanol–water partition coefficient (Wildman–Crippen LogP) is 3.56. The van der Waals surface area contributed by atoms with Crippen LogP contribution < -0.4 is 14.8 Å². The topological polar surface area (TPSA) is 91.6 Å². The molecule has 1 amide bonds. The van der Waals surface area contributed by atoms with E-state index in [4.69, 9.17) is 9.47 Å². The van der Waals surface area contributed by atoms with Gasteiger partial charge in [-0.25, -0.2) is 0 Å². The molecule has 0 saturated heterocycles. The molecule has 128 valence electrons. The van der Waals surface area contributed by atoms with E-state index in [0.29, 0.717) is 22.7 Å². The van der Waals surface area contributed by atoms with Crippen molar-refractivity contribution in [2.45, 2.75) is 0 Å². The van der Waals surface area contributed by atoms with Gasteiger partial charge in [0.15, 0.2) is 11.5 Å². The molecule has 0 heterocycles. The molecule has 0 aliphatic carbocycles. The van der Waals surface area contributed by atoms with E-state index in [1.54, 1.807) is 31.4 Å². The Hall–Kier alpha value is -2.73. The van der Waals surface area contributed by atoms with Gasteiger partial charge in [0.05, 0.1) is 17.8 Å². The zero-order chi connectivity index (χ0) is 18.4. The largest absolute Gasteiger partial charge is 0.508 e. The number of benzene rings is 2. The van der Waals surface area contributed by atoms with Gasteiger partial charge in [0.1, 0.15) is 17.4 Å². The average molecular weight is 450 g/mol. The molecule has 2 N–H and O–H groups in total. The number of amides is 1. The van der Waals surface area contributed by atoms with Gasteiger partial charge in [-0.15, -0.1) is 0 Å². The van der Waals surface area contributed by atoms with Crippen molar-refractivity contribution >= 4 is 40.3 Å². The lowest BCUT2D eigenvalue weighted by Crippen LogP contribution is -2.13. The molecule has 0 fully saturated rings. The van der Waals surface area contributed by atoms with Crippen LogP contribution in [-0.4, -0.2) is 25.2 Å². The summed E-state index contributed by atoms with van der Waals surface area (Å²) in [5, 5.41) is 21.2. The van der Waals surface area contributed by atoms with Gasteiger partial charge < -0.3 is 19.9 Å². The first-order chi connectivity index (χ1) is 12.0. The summed E-state index contributed by atoms with van der Waals surface area (Å²) >= 11 is 2.09. The molecule has 2 aromatic rings. The Bertz CT molecular complexity index is 855. The second-order valence-corrected chi connectivity index (χ2v) is 6.07. The zero-order valence-corrected chi connectivity index (χ0v) is 15.7. The molecular formula is C18H15IN2O4. The van der Waals surface area contributed by atoms with Crippen LogP contribution in [0.25, 0.3) is 6.08 Å². The number of nitrogens with zero attached hydrogens (tertiary/aromatic N) is 1. The second kappa shape index (κ2) is 8.39. The molecule has 25 heavy (non-hydrogen) atoms. The van der Waals surface area contributed by atoms with E-state index < -0.39 is 5.91 Å². The average Bonchev–Trinajstić information content (AvgIpc) is 2.60. The number of nitrogens with one attached hydrogen (secondary N) is 1. The lowest BCUT2D eigenvalue weighted by atomic mass is 10.1. The number of carbonyl (C=O) groups is 1. The van der Waals surface area contributed by atoms with Crippen molar-refractivity contribution in [3.8, 4) is 23.3 Å². The van der Waals surface area contributed by atoms with E-state index in [0.717, 1.165) is 3.57 Å². The van der Waals surface area contributed by atoms with Gasteiger partial charge in [-0.1, -0.05) is 0 Å². The smallest absolute Gasteiger partial charge is 0.266 e. The van der Waals surface area contributed by atoms with E-state index in [9.17, 15) is 15.2 Å². The number of phenolic OH excluding ortho intramolecular Hbond substituents is 1. The summed E-state index contributed by atoms with van der Waals surface area (Å²) in [4.78, 5) is 12.3. The Balaban J connectivity index is 2.30. The predicted molar refractivity (Wildman–Crippen MR) is 103 cm³/mol. The van der Waals surface area contributed by atoms with Gasteiger partial charge in [-0.2, -0.15) is 5.26 Å². The van der Waals surface area contributed by atoms with Crippen LogP contribution in [-0.2, 0) is 4.79 Å². The molecule has 0 spiro atoms. The zero-order valence-electron chi connectivity index (χ0n) is 13.5. The first-order valence-corrected chi connectivity index (χ1v) is 8.20. The van der Waals surface area contributed by atoms with Crippen molar-refractivity contribution in [3.63, 3.8) is 0 Å². The fraction of sp³-hybridized carbons (Fsp3) is 0.111. The van der Waals surface area contributed by atoms with Crippen LogP contribution in [0.3, 0.4) is 0 Å². The van der Waals surface area contributed by atoms with Crippen LogP contribution in [0.5, 0.6) is 17.2 Å². The highest BCUT2D eigenvalue weighted by Crippen LogP contribution is 2.34. The minimum atomic E-state index is -0.544. The van der Waals surface area contributed by atoms with E-state index >= 15 is 0 Å². The number of nitriles is 1. The normalized spacial score (nSPS) is 10.7. The van der Waals surface area contributed by atoms with Gasteiger partial charge in [0.2, 0.25) is 0 Å². The first-order valence-electron chi connectivity index (χ1n) is 7.12. The van der Waals surface area contributed by atoms with Crippen LogP contribution in [0, 0.1) is 14.9 Å². The van der Waals surface area contributed by atoms with Crippen LogP contribution >= 0.6 is 22.6 Å². The highest BCUT2D eigenvalue weighted by atomic mass is 127. The SMILES string of the molecule is COc1cc(C=C(C#N)C(=O)Nc2ccc(O)cc2)cc(I)c1OC. The first kappa shape index (κ1) is 18.6. The molecule has 2 aromatic carbocycles. The molecule has 0 aliphatic rings. The molecule has 0 aliphatic heterocycles. The maximum Gasteiger partial charge on any atom is 0.266 e. The van der Waals surface area contributed by atoms with Crippen molar-refractivity contribution < 1.29 is 19.4 Å². The number of anilines is 1. The van der Waals surface area contributed by atoms with Gasteiger partial charge in [-0.3, -0.25) is 4.79 Å². The highest BCUT2D eigenvalue weighted by Gasteiger charge is 2.13. The number of ether oxygens (including phenoxy) is 2. The second-order valence-electron chi connectivity index (χ2n) is 4.91. The summed E-state index contributed by atoms with van der Waals surface area (Å²) in [5.41, 5.74) is 1.06. The Labute approximate surface area is 158 Å². The third-order valence-corrected chi connectivity index (χ3v) is 4.06. The number of halogens is 1. The van der Waals surface area contributed by atoms with Crippen molar-refractivity contribution in [1.82, 2.24) is 0 Å². The summed E-state index contributed by atoms with van der Waals surface area (Å²) in [6.07, 6.45) is 1.47. The Morgan fingerprint density at radius 1 is 1.24 bits per heavy atom. The maximum absolute atomic E-state index is 12.3. The Morgan fingerprint density at radius 2 is 1.92 bits per heavy atom. The van der Waals surface area contributed by atoms with Crippen molar-refractivity contribution in [2.24, 2.45) is 0 Å². The van der Waals surface area contributed by atoms with Crippen LogP contribution in [0.4, 0.5) is 5.69 Å². The van der Waals surface area contributed by atoms with Crippen LogP contribution in [0.15, 0.2) is 42.0 Å². The summed E-state index contributed by atoms with van der Waals surface area (Å²) < 4.78 is 11.3. The molecule has 6 nitrogen and oxygen atoms in total. The minimum Gasteiger partial charge on any atom is -0.508 e. The molecule has 0 saturated carbocycles. The number of rotatable bonds is 5. The molecule has 0 bridgehead atoms. The molecule has 2 rings (SSSR count). The number of phenols is 1. The minimum absolute atomic E-state index is 0.0592. The summed E-state index contributed by atoms with van der Waals surface area (Å²) in [5.74, 6) is 0.649. The molecule has 0 atom stereocenters. The number of methoxy groups -OCH3 is 2. The van der Waals surface area contributed by atoms with E-state index in [1.807, 2.05) is 6.07 Å². The number of hydrogen-bond donors (Lipinski definition) is 2. The Morgan fingerprint density at radius 3 is 2.48 bits per heavy atom. The molecule has 7 heteroatoms. The fourth-order valence-electron chi connectivity index (χ4n) is 2.08. The third kappa shape index (κ3) is 4.64. The van der Waals surface area contributed by atoms with Crippen LogP contribution in [0.1, 0.15) is 5.56 Å². The van der Waals surface area contributed by atoms with E-state index in [-0.39, 0.29) is 11.3 Å². The van der Waals surface area contributed by atoms with E-state index in [1.165, 1.54) is 25.3 Å². The fourth-order valence-corrected chi connectivity index (χ4v) is 2.93. The standard InChI is InChI=1S/C18H15IN2O4/c1-24-16-9-11(8-15(19)17(16)25-2)7-12(10-20)18(23)21-13-3-5-14(22)6-4-13/h3-9,22H,1-2H3,(H,21,23). The third-order valence-electron chi connectivity index (χ3n) is 3.26. The number of hydrogen-bond acceptors (Lipinski definition) is 5. The molecule has 0 radical (unpaired) electrons. The van der Waals surface area contributed by atoms with Crippen molar-refractivity contribution in [2.75, 3.05) is 19.5 Å². The van der Waals surface area contributed by atoms with Crippen LogP contribution in [0.2, 0.25) is 0 Å². The van der Waals surface area contributed by atoms with Gasteiger partial charge in [0.25, 0.3) is 5.91 Å². The van der Waals surface area contributed by atoms with Crippen molar-refractivity contribution in [1.29, 1.82) is 5.26 Å². The summed E-state index contributed by atoms with van der Waals surface area (Å²) in [6.45, 7) is 0. The lowest BCUT2D eigenvalue weighted by Gasteiger charge is -2.11. The van der Waals surface area contributed by atoms with E-state index in [2.05, 4.69) is 27.9 Å².